The van der Waals surface area contributed by atoms with Gasteiger partial charge in [0.05, 0.1) is 11.6 Å². The van der Waals surface area contributed by atoms with Crippen LogP contribution in [-0.4, -0.2) is 5.91 Å². The zero-order valence-electron chi connectivity index (χ0n) is 10.9. The minimum absolute atomic E-state index is 0.258. The predicted molar refractivity (Wildman–Crippen MR) is 71.9 cm³/mol. The Labute approximate surface area is 109 Å². The number of rotatable bonds is 7. The van der Waals surface area contributed by atoms with Crippen molar-refractivity contribution in [3.05, 3.63) is 35.4 Å². The second kappa shape index (κ2) is 7.50. The molecular weight excluding hydrogens is 224 g/mol. The molecule has 0 radical (unpaired) electrons. The maximum absolute atomic E-state index is 10.9. The molecule has 1 rings (SSSR count). The minimum Gasteiger partial charge on any atom is -0.370 e. The lowest BCUT2D eigenvalue weighted by Crippen LogP contribution is -2.12. The van der Waals surface area contributed by atoms with E-state index in [4.69, 9.17) is 11.0 Å². The first-order valence-electron chi connectivity index (χ1n) is 6.46. The molecule has 0 spiro atoms. The maximum Gasteiger partial charge on any atom is 0.217 e. The van der Waals surface area contributed by atoms with Crippen LogP contribution >= 0.6 is 0 Å². The van der Waals surface area contributed by atoms with Gasteiger partial charge in [-0.15, -0.1) is 0 Å². The summed E-state index contributed by atoms with van der Waals surface area (Å²) in [5.41, 5.74) is 6.98. The van der Waals surface area contributed by atoms with Crippen molar-refractivity contribution in [1.82, 2.24) is 0 Å². The zero-order valence-corrected chi connectivity index (χ0v) is 10.9. The van der Waals surface area contributed by atoms with Crippen LogP contribution < -0.4 is 5.73 Å². The molecule has 0 saturated heterocycles. The van der Waals surface area contributed by atoms with E-state index in [1.165, 1.54) is 0 Å². The Balaban J connectivity index is 2.86. The Morgan fingerprint density at radius 2 is 2.11 bits per heavy atom. The molecule has 3 nitrogen and oxygen atoms in total. The van der Waals surface area contributed by atoms with E-state index in [2.05, 4.69) is 13.0 Å². The van der Waals surface area contributed by atoms with Crippen LogP contribution in [-0.2, 0) is 4.79 Å². The Morgan fingerprint density at radius 1 is 1.39 bits per heavy atom. The third-order valence-corrected chi connectivity index (χ3v) is 3.17. The summed E-state index contributed by atoms with van der Waals surface area (Å²) < 4.78 is 0. The number of carbonyl (C=O) groups excluding carboxylic acids is 1. The summed E-state index contributed by atoms with van der Waals surface area (Å²) in [5, 5.41) is 9.13. The summed E-state index contributed by atoms with van der Waals surface area (Å²) in [6, 6.07) is 9.85. The monoisotopic (exact) mass is 244 g/mol. The SMILES string of the molecule is CCCCC(CCC(N)=O)c1ccccc1C#N. The van der Waals surface area contributed by atoms with Crippen molar-refractivity contribution in [3.63, 3.8) is 0 Å². The number of nitriles is 1. The van der Waals surface area contributed by atoms with Crippen molar-refractivity contribution in [2.75, 3.05) is 0 Å². The molecule has 0 saturated carbocycles. The van der Waals surface area contributed by atoms with Gasteiger partial charge in [-0.25, -0.2) is 0 Å². The normalized spacial score (nSPS) is 11.8. The molecule has 0 heterocycles. The summed E-state index contributed by atoms with van der Waals surface area (Å²) in [6.07, 6.45) is 4.33. The molecule has 0 bridgehead atoms. The molecule has 0 aliphatic carbocycles. The van der Waals surface area contributed by atoms with Crippen molar-refractivity contribution in [2.24, 2.45) is 5.73 Å². The van der Waals surface area contributed by atoms with E-state index < -0.39 is 0 Å². The largest absolute Gasteiger partial charge is 0.370 e. The number of nitrogens with two attached hydrogens (primary N) is 1. The van der Waals surface area contributed by atoms with Crippen molar-refractivity contribution in [2.45, 2.75) is 44.9 Å². The van der Waals surface area contributed by atoms with Gasteiger partial charge in [0.2, 0.25) is 5.91 Å². The number of benzene rings is 1. The molecule has 1 aromatic carbocycles. The third kappa shape index (κ3) is 4.21. The molecule has 1 amide bonds. The Kier molecular flexibility index (Phi) is 5.93. The van der Waals surface area contributed by atoms with Crippen molar-refractivity contribution >= 4 is 5.91 Å². The lowest BCUT2D eigenvalue weighted by Gasteiger charge is -2.17. The van der Waals surface area contributed by atoms with Gasteiger partial charge in [0.25, 0.3) is 0 Å². The van der Waals surface area contributed by atoms with Gasteiger partial charge in [0.15, 0.2) is 0 Å². The van der Waals surface area contributed by atoms with Crippen LogP contribution in [0.3, 0.4) is 0 Å². The highest BCUT2D eigenvalue weighted by molar-refractivity contribution is 5.73. The van der Waals surface area contributed by atoms with Gasteiger partial charge in [0, 0.05) is 6.42 Å². The van der Waals surface area contributed by atoms with Crippen LogP contribution in [0.25, 0.3) is 0 Å². The molecule has 0 aliphatic rings. The van der Waals surface area contributed by atoms with Gasteiger partial charge in [-0.1, -0.05) is 38.0 Å². The Hall–Kier alpha value is -1.82. The van der Waals surface area contributed by atoms with Gasteiger partial charge < -0.3 is 5.73 Å². The number of unbranched alkanes of at least 4 members (excludes halogenated alkanes) is 1. The highest BCUT2D eigenvalue weighted by atomic mass is 16.1. The minimum atomic E-state index is -0.272. The fourth-order valence-corrected chi connectivity index (χ4v) is 2.18. The van der Waals surface area contributed by atoms with Gasteiger partial charge in [0.1, 0.15) is 0 Å². The summed E-state index contributed by atoms with van der Waals surface area (Å²) in [7, 11) is 0. The van der Waals surface area contributed by atoms with E-state index in [9.17, 15) is 4.79 Å². The van der Waals surface area contributed by atoms with E-state index in [1.54, 1.807) is 0 Å². The molecule has 3 heteroatoms. The fourth-order valence-electron chi connectivity index (χ4n) is 2.18. The van der Waals surface area contributed by atoms with E-state index in [0.29, 0.717) is 12.0 Å². The molecule has 0 aliphatic heterocycles. The van der Waals surface area contributed by atoms with Crippen LogP contribution in [0, 0.1) is 11.3 Å². The number of amides is 1. The second-order valence-electron chi connectivity index (χ2n) is 4.54. The van der Waals surface area contributed by atoms with E-state index in [1.807, 2.05) is 24.3 Å². The Bertz CT molecular complexity index is 434. The van der Waals surface area contributed by atoms with Crippen LogP contribution in [0.1, 0.15) is 56.1 Å². The van der Waals surface area contributed by atoms with Crippen molar-refractivity contribution in [3.8, 4) is 6.07 Å². The third-order valence-electron chi connectivity index (χ3n) is 3.17. The van der Waals surface area contributed by atoms with Gasteiger partial charge in [-0.3, -0.25) is 4.79 Å². The molecule has 2 N–H and O–H groups in total. The fraction of sp³-hybridized carbons (Fsp3) is 0.467. The number of carbonyl (C=O) groups is 1. The lowest BCUT2D eigenvalue weighted by molar-refractivity contribution is -0.118. The number of primary amides is 1. The molecule has 1 unspecified atom stereocenters. The van der Waals surface area contributed by atoms with Crippen LogP contribution in [0.2, 0.25) is 0 Å². The summed E-state index contributed by atoms with van der Waals surface area (Å²) >= 11 is 0. The topological polar surface area (TPSA) is 66.9 Å². The number of hydrogen-bond acceptors (Lipinski definition) is 2. The molecular formula is C15H20N2O. The first-order valence-corrected chi connectivity index (χ1v) is 6.46. The van der Waals surface area contributed by atoms with E-state index in [0.717, 1.165) is 31.2 Å². The molecule has 96 valence electrons. The van der Waals surface area contributed by atoms with Crippen molar-refractivity contribution in [1.29, 1.82) is 5.26 Å². The van der Waals surface area contributed by atoms with E-state index in [-0.39, 0.29) is 11.8 Å². The molecule has 0 aromatic heterocycles. The predicted octanol–water partition coefficient (Wildman–Crippen LogP) is 3.10. The standard InChI is InChI=1S/C15H20N2O/c1-2-3-6-12(9-10-15(17)18)14-8-5-4-7-13(14)11-16/h4-5,7-8,12H,2-3,6,9-10H2,1H3,(H2,17,18). The highest BCUT2D eigenvalue weighted by Crippen LogP contribution is 2.29. The molecule has 18 heavy (non-hydrogen) atoms. The van der Waals surface area contributed by atoms with Gasteiger partial charge >= 0.3 is 0 Å². The van der Waals surface area contributed by atoms with E-state index >= 15 is 0 Å². The van der Waals surface area contributed by atoms with Gasteiger partial charge in [-0.2, -0.15) is 5.26 Å². The average molecular weight is 244 g/mol. The Morgan fingerprint density at radius 3 is 2.72 bits per heavy atom. The lowest BCUT2D eigenvalue weighted by atomic mass is 9.87. The smallest absolute Gasteiger partial charge is 0.217 e. The second-order valence-corrected chi connectivity index (χ2v) is 4.54. The van der Waals surface area contributed by atoms with Crippen LogP contribution in [0.4, 0.5) is 0 Å². The summed E-state index contributed by atoms with van der Waals surface area (Å²) in [4.78, 5) is 10.9. The number of hydrogen-bond donors (Lipinski definition) is 1. The molecule has 0 fully saturated rings. The molecule has 1 aromatic rings. The first-order chi connectivity index (χ1) is 8.69. The quantitative estimate of drug-likeness (QED) is 0.800. The number of nitrogens with zero attached hydrogens (tertiary/aromatic N) is 1. The summed E-state index contributed by atoms with van der Waals surface area (Å²) in [5.74, 6) is -0.0146. The van der Waals surface area contributed by atoms with Crippen LogP contribution in [0.15, 0.2) is 24.3 Å². The highest BCUT2D eigenvalue weighted by Gasteiger charge is 2.15. The van der Waals surface area contributed by atoms with Crippen molar-refractivity contribution < 1.29 is 4.79 Å². The summed E-state index contributed by atoms with van der Waals surface area (Å²) in [6.45, 7) is 2.14. The van der Waals surface area contributed by atoms with Gasteiger partial charge in [-0.05, 0) is 30.4 Å². The first kappa shape index (κ1) is 14.2. The zero-order chi connectivity index (χ0) is 13.4. The molecule has 1 atom stereocenters. The average Bonchev–Trinajstić information content (AvgIpc) is 2.38. The van der Waals surface area contributed by atoms with Crippen LogP contribution in [0.5, 0.6) is 0 Å². The maximum atomic E-state index is 10.9.